The molecule has 0 radical (unpaired) electrons. The molecule has 120 valence electrons. The van der Waals surface area contributed by atoms with Gasteiger partial charge in [-0.15, -0.1) is 0 Å². The molecule has 1 heterocycles. The van der Waals surface area contributed by atoms with E-state index >= 15 is 0 Å². The van der Waals surface area contributed by atoms with Gasteiger partial charge in [0.25, 0.3) is 5.72 Å². The Hall–Kier alpha value is -1.89. The van der Waals surface area contributed by atoms with Crippen LogP contribution in [0.15, 0.2) is 35.4 Å². The number of alkyl halides is 3. The van der Waals surface area contributed by atoms with Crippen molar-refractivity contribution in [2.24, 2.45) is 5.10 Å². The van der Waals surface area contributed by atoms with Gasteiger partial charge >= 0.3 is 6.18 Å². The predicted molar refractivity (Wildman–Crippen MR) is 75.0 cm³/mol. The lowest BCUT2D eigenvalue weighted by molar-refractivity contribution is -0.302. The summed E-state index contributed by atoms with van der Waals surface area (Å²) in [7, 11) is 0. The van der Waals surface area contributed by atoms with Crippen molar-refractivity contribution in [3.63, 3.8) is 0 Å². The Balaban J connectivity index is 2.25. The van der Waals surface area contributed by atoms with Gasteiger partial charge in [-0.25, -0.2) is 0 Å². The minimum atomic E-state index is -4.96. The van der Waals surface area contributed by atoms with E-state index < -0.39 is 24.2 Å². The Bertz CT molecular complexity index is 572. The summed E-state index contributed by atoms with van der Waals surface area (Å²) in [5.41, 5.74) is -2.50. The molecule has 0 spiro atoms. The van der Waals surface area contributed by atoms with Crippen LogP contribution in [0.3, 0.4) is 0 Å². The maximum Gasteiger partial charge on any atom is 0.438 e. The maximum absolute atomic E-state index is 13.2. The molecule has 4 nitrogen and oxygen atoms in total. The van der Waals surface area contributed by atoms with E-state index in [1.807, 2.05) is 0 Å². The molecular formula is C15H17F3N2O2. The van der Waals surface area contributed by atoms with Gasteiger partial charge in [0.2, 0.25) is 5.91 Å². The largest absolute Gasteiger partial charge is 0.438 e. The zero-order valence-electron chi connectivity index (χ0n) is 12.1. The van der Waals surface area contributed by atoms with Crippen molar-refractivity contribution in [2.75, 3.05) is 0 Å². The summed E-state index contributed by atoms with van der Waals surface area (Å²) in [6, 6.07) is 8.39. The molecule has 0 saturated heterocycles. The van der Waals surface area contributed by atoms with Crippen LogP contribution in [-0.4, -0.2) is 33.6 Å². The number of carbonyl (C=O) groups is 1. The second kappa shape index (κ2) is 6.08. The van der Waals surface area contributed by atoms with E-state index in [0.717, 1.165) is 0 Å². The van der Waals surface area contributed by atoms with Gasteiger partial charge in [-0.05, 0) is 12.0 Å². The van der Waals surface area contributed by atoms with E-state index in [-0.39, 0.29) is 17.1 Å². The molecule has 7 heteroatoms. The summed E-state index contributed by atoms with van der Waals surface area (Å²) < 4.78 is 39.6. The highest BCUT2D eigenvalue weighted by molar-refractivity contribution is 5.91. The van der Waals surface area contributed by atoms with Crippen LogP contribution in [0.5, 0.6) is 0 Å². The minimum absolute atomic E-state index is 0.184. The summed E-state index contributed by atoms with van der Waals surface area (Å²) in [5, 5.41) is 13.9. The van der Waals surface area contributed by atoms with Crippen LogP contribution < -0.4 is 0 Å². The molecule has 0 saturated carbocycles. The Morgan fingerprint density at radius 1 is 1.36 bits per heavy atom. The Morgan fingerprint density at radius 2 is 2.00 bits per heavy atom. The molecule has 22 heavy (non-hydrogen) atoms. The van der Waals surface area contributed by atoms with Gasteiger partial charge in [0.1, 0.15) is 0 Å². The molecule has 0 unspecified atom stereocenters. The van der Waals surface area contributed by atoms with E-state index in [0.29, 0.717) is 18.4 Å². The minimum Gasteiger partial charge on any atom is -0.362 e. The third kappa shape index (κ3) is 3.14. The average Bonchev–Trinajstić information content (AvgIpc) is 2.78. The van der Waals surface area contributed by atoms with E-state index in [9.17, 15) is 23.1 Å². The summed E-state index contributed by atoms with van der Waals surface area (Å²) in [6.45, 7) is 1.80. The van der Waals surface area contributed by atoms with Gasteiger partial charge in [-0.2, -0.15) is 23.3 Å². The lowest BCUT2D eigenvalue weighted by atomic mass is 10.0. The number of aliphatic hydroxyl groups is 1. The van der Waals surface area contributed by atoms with Gasteiger partial charge in [0, 0.05) is 12.1 Å². The molecule has 1 atom stereocenters. The quantitative estimate of drug-likeness (QED) is 0.929. The fourth-order valence-electron chi connectivity index (χ4n) is 2.37. The van der Waals surface area contributed by atoms with Gasteiger partial charge in [0.05, 0.1) is 6.42 Å². The zero-order valence-corrected chi connectivity index (χ0v) is 12.1. The van der Waals surface area contributed by atoms with Gasteiger partial charge in [0.15, 0.2) is 0 Å². The van der Waals surface area contributed by atoms with E-state index in [1.165, 1.54) is 0 Å². The summed E-state index contributed by atoms with van der Waals surface area (Å²) in [6.07, 6.45) is -4.99. The lowest BCUT2D eigenvalue weighted by Crippen LogP contribution is -2.57. The number of carbonyl (C=O) groups excluding carboxylic acids is 1. The number of amides is 1. The molecule has 1 N–H and O–H groups in total. The van der Waals surface area contributed by atoms with Crippen LogP contribution in [0.25, 0.3) is 0 Å². The number of benzene rings is 1. The third-order valence-electron chi connectivity index (χ3n) is 3.47. The highest BCUT2D eigenvalue weighted by Gasteiger charge is 2.62. The fraction of sp³-hybridized carbons (Fsp3) is 0.467. The second-order valence-corrected chi connectivity index (χ2v) is 5.28. The molecule has 1 aliphatic heterocycles. The highest BCUT2D eigenvalue weighted by Crippen LogP contribution is 2.41. The lowest BCUT2D eigenvalue weighted by Gasteiger charge is -2.32. The first-order valence-corrected chi connectivity index (χ1v) is 7.00. The normalized spacial score (nSPS) is 21.9. The SMILES string of the molecule is CCCC1=NN(C(=O)Cc2ccccc2)[C@@](O)(C(F)(F)F)C1. The first-order chi connectivity index (χ1) is 10.3. The molecule has 1 amide bonds. The number of nitrogens with zero attached hydrogens (tertiary/aromatic N) is 2. The zero-order chi connectivity index (χ0) is 16.4. The van der Waals surface area contributed by atoms with Crippen LogP contribution in [0.2, 0.25) is 0 Å². The van der Waals surface area contributed by atoms with Gasteiger partial charge in [-0.1, -0.05) is 43.7 Å². The van der Waals surface area contributed by atoms with Crippen molar-refractivity contribution >= 4 is 11.6 Å². The van der Waals surface area contributed by atoms with Crippen LogP contribution >= 0.6 is 0 Å². The molecule has 0 fully saturated rings. The molecule has 0 aliphatic carbocycles. The number of hydrazone groups is 1. The van der Waals surface area contributed by atoms with E-state index in [2.05, 4.69) is 5.10 Å². The van der Waals surface area contributed by atoms with Crippen molar-refractivity contribution in [2.45, 2.75) is 44.5 Å². The van der Waals surface area contributed by atoms with E-state index in [1.54, 1.807) is 37.3 Å². The number of hydrogen-bond acceptors (Lipinski definition) is 3. The van der Waals surface area contributed by atoms with Crippen LogP contribution in [-0.2, 0) is 11.2 Å². The highest BCUT2D eigenvalue weighted by atomic mass is 19.4. The fourth-order valence-corrected chi connectivity index (χ4v) is 2.37. The predicted octanol–water partition coefficient (Wildman–Crippen LogP) is 2.87. The molecule has 0 bridgehead atoms. The summed E-state index contributed by atoms with van der Waals surface area (Å²) >= 11 is 0. The number of hydrogen-bond donors (Lipinski definition) is 1. The van der Waals surface area contributed by atoms with Crippen molar-refractivity contribution in [1.29, 1.82) is 0 Å². The first-order valence-electron chi connectivity index (χ1n) is 7.00. The second-order valence-electron chi connectivity index (χ2n) is 5.28. The molecule has 1 aromatic carbocycles. The van der Waals surface area contributed by atoms with E-state index in [4.69, 9.17) is 0 Å². The number of halogens is 3. The van der Waals surface area contributed by atoms with Crippen molar-refractivity contribution < 1.29 is 23.1 Å². The van der Waals surface area contributed by atoms with Gasteiger partial charge in [-0.3, -0.25) is 4.79 Å². The third-order valence-corrected chi connectivity index (χ3v) is 3.47. The summed E-state index contributed by atoms with van der Waals surface area (Å²) in [5.74, 6) is -0.878. The first kappa shape index (κ1) is 16.5. The standard InChI is InChI=1S/C15H17F3N2O2/c1-2-6-12-10-14(22,15(16,17)18)20(19-12)13(21)9-11-7-4-3-5-8-11/h3-5,7-8,22H,2,6,9-10H2,1H3/t14-/m0/s1. The molecule has 1 aliphatic rings. The Kier molecular flexibility index (Phi) is 4.55. The topological polar surface area (TPSA) is 52.9 Å². The average molecular weight is 314 g/mol. The van der Waals surface area contributed by atoms with Crippen molar-refractivity contribution in [3.05, 3.63) is 35.9 Å². The van der Waals surface area contributed by atoms with Crippen molar-refractivity contribution in [3.8, 4) is 0 Å². The van der Waals surface area contributed by atoms with Crippen molar-refractivity contribution in [1.82, 2.24) is 5.01 Å². The molecule has 1 aromatic rings. The smallest absolute Gasteiger partial charge is 0.362 e. The van der Waals surface area contributed by atoms with Crippen LogP contribution in [0.4, 0.5) is 13.2 Å². The number of rotatable bonds is 4. The molecule has 0 aromatic heterocycles. The molecule has 2 rings (SSSR count). The Labute approximate surface area is 126 Å². The van der Waals surface area contributed by atoms with Crippen LogP contribution in [0.1, 0.15) is 31.7 Å². The summed E-state index contributed by atoms with van der Waals surface area (Å²) in [4.78, 5) is 12.2. The van der Waals surface area contributed by atoms with Gasteiger partial charge < -0.3 is 5.11 Å². The molecular weight excluding hydrogens is 297 g/mol. The monoisotopic (exact) mass is 314 g/mol. The Morgan fingerprint density at radius 3 is 2.55 bits per heavy atom. The van der Waals surface area contributed by atoms with Crippen LogP contribution in [0, 0.1) is 0 Å². The maximum atomic E-state index is 13.2.